The predicted octanol–water partition coefficient (Wildman–Crippen LogP) is 3.65. The predicted molar refractivity (Wildman–Crippen MR) is 88.4 cm³/mol. The lowest BCUT2D eigenvalue weighted by atomic mass is 9.97. The summed E-state index contributed by atoms with van der Waals surface area (Å²) in [4.78, 5) is 25.1. The third-order valence-electron chi connectivity index (χ3n) is 3.47. The molecule has 1 atom stereocenters. The van der Waals surface area contributed by atoms with Crippen LogP contribution in [0.5, 0.6) is 5.75 Å². The molecule has 122 valence electrons. The molecule has 0 saturated carbocycles. The zero-order valence-corrected chi connectivity index (χ0v) is 13.7. The third kappa shape index (κ3) is 3.62. The number of fused-ring (bicyclic) bond motifs is 1. The molecular weight excluding hydrogens is 294 g/mol. The van der Waals surface area contributed by atoms with Gasteiger partial charge in [0.2, 0.25) is 0 Å². The summed E-state index contributed by atoms with van der Waals surface area (Å²) in [6.07, 6.45) is 0.00716. The molecule has 0 aromatic heterocycles. The fourth-order valence-electron chi connectivity index (χ4n) is 2.40. The van der Waals surface area contributed by atoms with E-state index in [1.165, 1.54) is 18.0 Å². The molecule has 0 bridgehead atoms. The van der Waals surface area contributed by atoms with Crippen molar-refractivity contribution in [1.29, 1.82) is 0 Å². The summed E-state index contributed by atoms with van der Waals surface area (Å²) in [5, 5.41) is 11.8. The minimum absolute atomic E-state index is 0.0313. The van der Waals surface area contributed by atoms with Crippen LogP contribution in [-0.2, 0) is 9.53 Å². The number of hydrogen-bond acceptors (Lipinski definition) is 4. The van der Waals surface area contributed by atoms with Crippen molar-refractivity contribution >= 4 is 23.2 Å². The number of ether oxygens (including phenoxy) is 1. The van der Waals surface area contributed by atoms with Gasteiger partial charge in [-0.2, -0.15) is 0 Å². The Labute approximate surface area is 135 Å². The maximum atomic E-state index is 12.2. The molecule has 0 aliphatic rings. The zero-order chi connectivity index (χ0) is 17.2. The van der Waals surface area contributed by atoms with Crippen LogP contribution >= 0.6 is 0 Å². The van der Waals surface area contributed by atoms with E-state index in [4.69, 9.17) is 4.74 Å². The number of hydrogen-bond donors (Lipinski definition) is 1. The first-order valence-corrected chi connectivity index (χ1v) is 7.36. The van der Waals surface area contributed by atoms with E-state index in [1.807, 2.05) is 24.3 Å². The van der Waals surface area contributed by atoms with Crippen molar-refractivity contribution in [2.45, 2.75) is 32.4 Å². The minimum atomic E-state index is -0.934. The number of carbonyl (C=O) groups excluding carboxylic acids is 2. The van der Waals surface area contributed by atoms with Crippen LogP contribution in [-0.4, -0.2) is 35.0 Å². The molecule has 0 saturated heterocycles. The second-order valence-electron chi connectivity index (χ2n) is 6.39. The molecule has 1 unspecified atom stereocenters. The normalized spacial score (nSPS) is 12.7. The molecule has 2 rings (SSSR count). The first-order valence-electron chi connectivity index (χ1n) is 7.36. The Morgan fingerprint density at radius 1 is 1.22 bits per heavy atom. The van der Waals surface area contributed by atoms with E-state index in [0.29, 0.717) is 11.8 Å². The standard InChI is InChI=1S/C18H21NO4/c1-18(2,3)23-17(22)19(4)14(11-20)16-13-8-6-5-7-12(13)9-10-15(16)21/h5-11,14,21H,1-4H3. The molecule has 5 nitrogen and oxygen atoms in total. The van der Waals surface area contributed by atoms with Gasteiger partial charge in [-0.15, -0.1) is 0 Å². The van der Waals surface area contributed by atoms with Gasteiger partial charge in [0, 0.05) is 12.6 Å². The largest absolute Gasteiger partial charge is 0.508 e. The topological polar surface area (TPSA) is 66.8 Å². The Hall–Kier alpha value is -2.56. The van der Waals surface area contributed by atoms with Crippen LogP contribution < -0.4 is 0 Å². The number of carbonyl (C=O) groups is 2. The lowest BCUT2D eigenvalue weighted by Crippen LogP contribution is -2.37. The molecule has 0 spiro atoms. The Kier molecular flexibility index (Phi) is 4.59. The number of benzene rings is 2. The van der Waals surface area contributed by atoms with Crippen LogP contribution in [0.3, 0.4) is 0 Å². The maximum Gasteiger partial charge on any atom is 0.410 e. The zero-order valence-electron chi connectivity index (χ0n) is 13.7. The number of nitrogens with zero attached hydrogens (tertiary/aromatic N) is 1. The molecule has 0 fully saturated rings. The lowest BCUT2D eigenvalue weighted by molar-refractivity contribution is -0.112. The number of likely N-dealkylation sites (N-methyl/N-ethyl adjacent to an activating group) is 1. The van der Waals surface area contributed by atoms with Crippen molar-refractivity contribution in [2.75, 3.05) is 7.05 Å². The van der Waals surface area contributed by atoms with Crippen LogP contribution in [0, 0.1) is 0 Å². The molecule has 1 N–H and O–H groups in total. The van der Waals surface area contributed by atoms with Crippen LogP contribution in [0.15, 0.2) is 36.4 Å². The van der Waals surface area contributed by atoms with Crippen LogP contribution in [0.1, 0.15) is 32.4 Å². The molecular formula is C18H21NO4. The van der Waals surface area contributed by atoms with Gasteiger partial charge < -0.3 is 14.6 Å². The summed E-state index contributed by atoms with van der Waals surface area (Å²) in [6.45, 7) is 5.26. The highest BCUT2D eigenvalue weighted by atomic mass is 16.6. The van der Waals surface area contributed by atoms with Gasteiger partial charge in [-0.25, -0.2) is 4.79 Å². The highest BCUT2D eigenvalue weighted by Gasteiger charge is 2.29. The Balaban J connectivity index is 2.47. The van der Waals surface area contributed by atoms with Gasteiger partial charge in [-0.1, -0.05) is 30.3 Å². The summed E-state index contributed by atoms with van der Waals surface area (Å²) in [7, 11) is 1.48. The van der Waals surface area contributed by atoms with Crippen molar-refractivity contribution in [3.05, 3.63) is 42.0 Å². The van der Waals surface area contributed by atoms with E-state index < -0.39 is 17.7 Å². The molecule has 0 aliphatic heterocycles. The molecule has 2 aromatic carbocycles. The highest BCUT2D eigenvalue weighted by Crippen LogP contribution is 2.34. The Morgan fingerprint density at radius 2 is 1.87 bits per heavy atom. The van der Waals surface area contributed by atoms with Crippen LogP contribution in [0.4, 0.5) is 4.79 Å². The summed E-state index contributed by atoms with van der Waals surface area (Å²) in [6, 6.07) is 9.74. The van der Waals surface area contributed by atoms with Gasteiger partial charge in [0.25, 0.3) is 0 Å². The van der Waals surface area contributed by atoms with Gasteiger partial charge in [-0.3, -0.25) is 4.90 Å². The van der Waals surface area contributed by atoms with Crippen molar-refractivity contribution in [3.63, 3.8) is 0 Å². The molecule has 0 heterocycles. The first-order chi connectivity index (χ1) is 10.7. The molecule has 0 aliphatic carbocycles. The van der Waals surface area contributed by atoms with Gasteiger partial charge >= 0.3 is 6.09 Å². The number of phenolic OH excluding ortho intramolecular Hbond substituents is 1. The van der Waals surface area contributed by atoms with Gasteiger partial charge in [0.15, 0.2) is 0 Å². The third-order valence-corrected chi connectivity index (χ3v) is 3.47. The van der Waals surface area contributed by atoms with Crippen molar-refractivity contribution in [2.24, 2.45) is 0 Å². The average Bonchev–Trinajstić information content (AvgIpc) is 2.48. The molecule has 23 heavy (non-hydrogen) atoms. The molecule has 2 aromatic rings. The van der Waals surface area contributed by atoms with E-state index in [9.17, 15) is 14.7 Å². The van der Waals surface area contributed by atoms with E-state index in [1.54, 1.807) is 26.8 Å². The van der Waals surface area contributed by atoms with Crippen molar-refractivity contribution < 1.29 is 19.4 Å². The fraction of sp³-hybridized carbons (Fsp3) is 0.333. The molecule has 0 radical (unpaired) electrons. The molecule has 1 amide bonds. The summed E-state index contributed by atoms with van der Waals surface area (Å²) in [5.41, 5.74) is -0.272. The maximum absolute atomic E-state index is 12.2. The smallest absolute Gasteiger partial charge is 0.410 e. The number of phenols is 1. The summed E-state index contributed by atoms with van der Waals surface area (Å²) >= 11 is 0. The molecule has 5 heteroatoms. The van der Waals surface area contributed by atoms with Gasteiger partial charge in [0.05, 0.1) is 0 Å². The van der Waals surface area contributed by atoms with Crippen molar-refractivity contribution in [3.8, 4) is 5.75 Å². The summed E-state index contributed by atoms with van der Waals surface area (Å²) < 4.78 is 5.30. The highest BCUT2D eigenvalue weighted by molar-refractivity contribution is 5.91. The number of rotatable bonds is 3. The average molecular weight is 315 g/mol. The number of amides is 1. The van der Waals surface area contributed by atoms with E-state index in [-0.39, 0.29) is 5.75 Å². The Morgan fingerprint density at radius 3 is 2.48 bits per heavy atom. The van der Waals surface area contributed by atoms with E-state index in [0.717, 1.165) is 10.8 Å². The Bertz CT molecular complexity index is 733. The summed E-state index contributed by atoms with van der Waals surface area (Å²) in [5.74, 6) is -0.0313. The van der Waals surface area contributed by atoms with Crippen LogP contribution in [0.25, 0.3) is 10.8 Å². The van der Waals surface area contributed by atoms with E-state index >= 15 is 0 Å². The second-order valence-corrected chi connectivity index (χ2v) is 6.39. The minimum Gasteiger partial charge on any atom is -0.508 e. The SMILES string of the molecule is CN(C(=O)OC(C)(C)C)C(C=O)c1c(O)ccc2ccccc12. The van der Waals surface area contributed by atoms with Crippen molar-refractivity contribution in [1.82, 2.24) is 4.90 Å². The lowest BCUT2D eigenvalue weighted by Gasteiger charge is -2.29. The number of aldehydes is 1. The van der Waals surface area contributed by atoms with Gasteiger partial charge in [-0.05, 0) is 37.6 Å². The van der Waals surface area contributed by atoms with Gasteiger partial charge in [0.1, 0.15) is 23.7 Å². The quantitative estimate of drug-likeness (QED) is 0.878. The van der Waals surface area contributed by atoms with E-state index in [2.05, 4.69) is 0 Å². The second kappa shape index (κ2) is 6.28. The van der Waals surface area contributed by atoms with Crippen LogP contribution in [0.2, 0.25) is 0 Å². The first kappa shape index (κ1) is 16.8. The monoisotopic (exact) mass is 315 g/mol. The number of aromatic hydroxyl groups is 1. The fourth-order valence-corrected chi connectivity index (χ4v) is 2.40.